The van der Waals surface area contributed by atoms with E-state index in [4.69, 9.17) is 0 Å². The molecule has 4 rings (SSSR count). The predicted molar refractivity (Wildman–Crippen MR) is 100 cm³/mol. The van der Waals surface area contributed by atoms with Gasteiger partial charge in [0.2, 0.25) is 0 Å². The van der Waals surface area contributed by atoms with Crippen LogP contribution in [0.5, 0.6) is 0 Å². The topological polar surface area (TPSA) is 80.6 Å². The van der Waals surface area contributed by atoms with Crippen molar-refractivity contribution in [3.8, 4) is 0 Å². The molecule has 1 atom stereocenters. The average molecular weight is 372 g/mol. The molecule has 2 saturated carbocycles. The highest BCUT2D eigenvalue weighted by molar-refractivity contribution is 8.00. The van der Waals surface area contributed by atoms with Crippen LogP contribution in [0.15, 0.2) is 5.16 Å². The number of nitrogens with one attached hydrogen (secondary N) is 1. The maximum absolute atomic E-state index is 13.0. The van der Waals surface area contributed by atoms with Gasteiger partial charge >= 0.3 is 0 Å². The first kappa shape index (κ1) is 17.5. The minimum absolute atomic E-state index is 0.00131. The van der Waals surface area contributed by atoms with E-state index in [2.05, 4.69) is 19.7 Å². The van der Waals surface area contributed by atoms with E-state index in [1.807, 2.05) is 20.8 Å². The second-order valence-corrected chi connectivity index (χ2v) is 8.83. The van der Waals surface area contributed by atoms with E-state index >= 15 is 0 Å². The normalized spacial score (nSPS) is 18.2. The Hall–Kier alpha value is -1.89. The summed E-state index contributed by atoms with van der Waals surface area (Å²) < 4.78 is 2.26. The van der Waals surface area contributed by atoms with Gasteiger partial charge in [-0.05, 0) is 58.9 Å². The van der Waals surface area contributed by atoms with Crippen molar-refractivity contribution in [2.45, 2.75) is 75.7 Å². The number of ketones is 2. The molecule has 7 heteroatoms. The molecule has 2 aliphatic carbocycles. The molecule has 2 heterocycles. The molecule has 0 spiro atoms. The Balaban J connectivity index is 1.57. The number of aromatic amines is 1. The lowest BCUT2D eigenvalue weighted by molar-refractivity contribution is 0.0988. The third-order valence-corrected chi connectivity index (χ3v) is 6.29. The van der Waals surface area contributed by atoms with Gasteiger partial charge in [-0.2, -0.15) is 0 Å². The molecule has 0 unspecified atom stereocenters. The van der Waals surface area contributed by atoms with Gasteiger partial charge in [0.25, 0.3) is 0 Å². The van der Waals surface area contributed by atoms with Crippen LogP contribution in [-0.2, 0) is 0 Å². The molecule has 2 aromatic heterocycles. The lowest BCUT2D eigenvalue weighted by atomic mass is 10.0. The fourth-order valence-electron chi connectivity index (χ4n) is 3.60. The Labute approximate surface area is 157 Å². The summed E-state index contributed by atoms with van der Waals surface area (Å²) in [6.07, 6.45) is 4.73. The van der Waals surface area contributed by atoms with Crippen LogP contribution >= 0.6 is 11.8 Å². The van der Waals surface area contributed by atoms with Gasteiger partial charge in [0, 0.05) is 23.2 Å². The predicted octanol–water partition coefficient (Wildman–Crippen LogP) is 4.00. The number of thioether (sulfide) groups is 1. The van der Waals surface area contributed by atoms with Crippen molar-refractivity contribution < 1.29 is 9.59 Å². The van der Waals surface area contributed by atoms with Crippen LogP contribution < -0.4 is 0 Å². The maximum Gasteiger partial charge on any atom is 0.192 e. The maximum atomic E-state index is 13.0. The number of rotatable bonds is 7. The van der Waals surface area contributed by atoms with Gasteiger partial charge in [-0.3, -0.25) is 9.59 Å². The van der Waals surface area contributed by atoms with Gasteiger partial charge in [-0.15, -0.1) is 10.2 Å². The number of nitrogens with zero attached hydrogens (tertiary/aromatic N) is 3. The van der Waals surface area contributed by atoms with Crippen LogP contribution in [0, 0.1) is 13.8 Å². The smallest absolute Gasteiger partial charge is 0.192 e. The molecule has 6 nitrogen and oxygen atoms in total. The fraction of sp³-hybridized carbons (Fsp3) is 0.579. The van der Waals surface area contributed by atoms with Crippen molar-refractivity contribution in [3.05, 3.63) is 28.3 Å². The Kier molecular flexibility index (Phi) is 4.29. The minimum Gasteiger partial charge on any atom is -0.355 e. The average Bonchev–Trinajstić information content (AvgIpc) is 3.50. The number of carbonyl (C=O) groups is 2. The summed E-state index contributed by atoms with van der Waals surface area (Å²) in [5.74, 6) is 1.63. The molecule has 26 heavy (non-hydrogen) atoms. The summed E-state index contributed by atoms with van der Waals surface area (Å²) in [5, 5.41) is 9.36. The van der Waals surface area contributed by atoms with E-state index in [1.54, 1.807) is 0 Å². The van der Waals surface area contributed by atoms with Gasteiger partial charge < -0.3 is 9.55 Å². The zero-order valence-electron chi connectivity index (χ0n) is 15.6. The number of aromatic nitrogens is 4. The minimum atomic E-state index is -0.291. The highest BCUT2D eigenvalue weighted by Crippen LogP contribution is 2.46. The van der Waals surface area contributed by atoms with Gasteiger partial charge in [0.1, 0.15) is 5.82 Å². The van der Waals surface area contributed by atoms with E-state index in [1.165, 1.54) is 44.4 Å². The van der Waals surface area contributed by atoms with Crippen LogP contribution in [0.25, 0.3) is 0 Å². The third-order valence-electron chi connectivity index (χ3n) is 5.23. The van der Waals surface area contributed by atoms with Crippen molar-refractivity contribution in [3.63, 3.8) is 0 Å². The molecule has 0 amide bonds. The third kappa shape index (κ3) is 3.02. The van der Waals surface area contributed by atoms with Crippen molar-refractivity contribution in [1.29, 1.82) is 0 Å². The van der Waals surface area contributed by atoms with E-state index < -0.39 is 0 Å². The fourth-order valence-corrected chi connectivity index (χ4v) is 4.59. The highest BCUT2D eigenvalue weighted by atomic mass is 32.2. The first-order chi connectivity index (χ1) is 12.4. The lowest BCUT2D eigenvalue weighted by Gasteiger charge is -2.12. The van der Waals surface area contributed by atoms with Gasteiger partial charge in [-0.1, -0.05) is 11.8 Å². The number of carbonyl (C=O) groups excluding carboxylic acids is 2. The van der Waals surface area contributed by atoms with E-state index in [0.29, 0.717) is 23.2 Å². The lowest BCUT2D eigenvalue weighted by Crippen LogP contribution is -2.16. The molecular formula is C19H24N4O2S. The van der Waals surface area contributed by atoms with E-state index in [-0.39, 0.29) is 16.8 Å². The molecule has 138 valence electrons. The molecule has 0 aromatic carbocycles. The van der Waals surface area contributed by atoms with Crippen LogP contribution in [0.3, 0.4) is 0 Å². The molecule has 0 aliphatic heterocycles. The van der Waals surface area contributed by atoms with Crippen LogP contribution in [-0.4, -0.2) is 36.6 Å². The highest BCUT2D eigenvalue weighted by Gasteiger charge is 2.37. The first-order valence-electron chi connectivity index (χ1n) is 9.24. The quantitative estimate of drug-likeness (QED) is 0.587. The van der Waals surface area contributed by atoms with E-state index in [9.17, 15) is 9.59 Å². The summed E-state index contributed by atoms with van der Waals surface area (Å²) in [6.45, 7) is 7.11. The van der Waals surface area contributed by atoms with E-state index in [0.717, 1.165) is 22.2 Å². The largest absolute Gasteiger partial charge is 0.355 e. The Morgan fingerprint density at radius 3 is 2.42 bits per heavy atom. The number of H-pyrrole nitrogens is 1. The summed E-state index contributed by atoms with van der Waals surface area (Å²) in [6, 6.07) is 0.504. The van der Waals surface area contributed by atoms with Crippen LogP contribution in [0.1, 0.15) is 89.4 Å². The van der Waals surface area contributed by atoms with Gasteiger partial charge in [0.15, 0.2) is 16.7 Å². The summed E-state index contributed by atoms with van der Waals surface area (Å²) in [5.41, 5.74) is 2.66. The van der Waals surface area contributed by atoms with Crippen LogP contribution in [0.4, 0.5) is 0 Å². The Morgan fingerprint density at radius 2 is 1.88 bits per heavy atom. The molecule has 2 fully saturated rings. The summed E-state index contributed by atoms with van der Waals surface area (Å²) in [7, 11) is 0. The zero-order valence-corrected chi connectivity index (χ0v) is 16.4. The second-order valence-electron chi connectivity index (χ2n) is 7.52. The summed E-state index contributed by atoms with van der Waals surface area (Å²) >= 11 is 1.47. The zero-order chi connectivity index (χ0) is 18.6. The molecule has 0 radical (unpaired) electrons. The number of Topliss-reactive ketones (excluding diaryl/α,β-unsaturated/α-hetero) is 2. The summed E-state index contributed by atoms with van der Waals surface area (Å²) in [4.78, 5) is 27.9. The first-order valence-corrected chi connectivity index (χ1v) is 10.1. The molecule has 0 bridgehead atoms. The van der Waals surface area contributed by atoms with Gasteiger partial charge in [0.05, 0.1) is 10.9 Å². The Morgan fingerprint density at radius 1 is 1.19 bits per heavy atom. The monoisotopic (exact) mass is 372 g/mol. The van der Waals surface area contributed by atoms with Crippen LogP contribution in [0.2, 0.25) is 0 Å². The standard InChI is InChI=1S/C19H24N4O2S/c1-9-15(11(3)24)10(2)20-16(9)17(25)12(4)26-19-22-21-18(13-5-6-13)23(19)14-7-8-14/h12-14,20H,5-8H2,1-4H3/t12-/m0/s1. The molecular weight excluding hydrogens is 348 g/mol. The van der Waals surface area contributed by atoms with Crippen molar-refractivity contribution in [2.75, 3.05) is 0 Å². The van der Waals surface area contributed by atoms with Crippen molar-refractivity contribution in [2.24, 2.45) is 0 Å². The van der Waals surface area contributed by atoms with Crippen molar-refractivity contribution in [1.82, 2.24) is 19.7 Å². The number of hydrogen-bond donors (Lipinski definition) is 1. The second kappa shape index (κ2) is 6.37. The number of aryl methyl sites for hydroxylation is 1. The van der Waals surface area contributed by atoms with Gasteiger partial charge in [-0.25, -0.2) is 0 Å². The van der Waals surface area contributed by atoms with Crippen molar-refractivity contribution >= 4 is 23.3 Å². The molecule has 0 saturated heterocycles. The molecule has 1 N–H and O–H groups in total. The molecule has 2 aliphatic rings. The SMILES string of the molecule is CC(=O)c1c(C)[nH]c(C(=O)[C@H](C)Sc2nnc(C3CC3)n2C2CC2)c1C. The Bertz CT molecular complexity index is 890. The molecule has 2 aromatic rings. The number of hydrogen-bond acceptors (Lipinski definition) is 5.